The van der Waals surface area contributed by atoms with Gasteiger partial charge in [-0.2, -0.15) is 0 Å². The van der Waals surface area contributed by atoms with E-state index in [2.05, 4.69) is 24.9 Å². The molecular formula is C28H25Cl2N7O2. The molecule has 1 aromatic carbocycles. The third-order valence-corrected chi connectivity index (χ3v) is 7.10. The zero-order valence-electron chi connectivity index (χ0n) is 21.2. The lowest BCUT2D eigenvalue weighted by atomic mass is 10.0. The molecule has 9 nitrogen and oxygen atoms in total. The Balaban J connectivity index is 1.38. The Morgan fingerprint density at radius 2 is 1.49 bits per heavy atom. The molecule has 2 aliphatic rings. The SMILES string of the molecule is COc1cccc(-c2c(C3=NCCN3Cc3ccc(Cl)nc3)noc2C2=NCCN2Cc2ccc(Cl)nc2)c1. The van der Waals surface area contributed by atoms with Gasteiger partial charge >= 0.3 is 0 Å². The zero-order chi connectivity index (χ0) is 26.8. The first-order valence-corrected chi connectivity index (χ1v) is 13.3. The van der Waals surface area contributed by atoms with E-state index in [-0.39, 0.29) is 0 Å². The topological polar surface area (TPSA) is 92.2 Å². The molecule has 39 heavy (non-hydrogen) atoms. The van der Waals surface area contributed by atoms with Gasteiger partial charge < -0.3 is 19.1 Å². The van der Waals surface area contributed by atoms with Gasteiger partial charge in [-0.05, 0) is 41.0 Å². The average molecular weight is 562 g/mol. The van der Waals surface area contributed by atoms with E-state index in [4.69, 9.17) is 42.4 Å². The Kier molecular flexibility index (Phi) is 7.17. The predicted octanol–water partition coefficient (Wildman–Crippen LogP) is 4.97. The highest BCUT2D eigenvalue weighted by molar-refractivity contribution is 6.29. The van der Waals surface area contributed by atoms with Gasteiger partial charge in [-0.3, -0.25) is 9.98 Å². The summed E-state index contributed by atoms with van der Waals surface area (Å²) in [6.07, 6.45) is 3.57. The number of hydrogen-bond donors (Lipinski definition) is 0. The van der Waals surface area contributed by atoms with Crippen molar-refractivity contribution in [1.82, 2.24) is 24.9 Å². The van der Waals surface area contributed by atoms with Crippen molar-refractivity contribution in [1.29, 1.82) is 0 Å². The Morgan fingerprint density at radius 3 is 2.10 bits per heavy atom. The number of aromatic nitrogens is 3. The minimum Gasteiger partial charge on any atom is -0.497 e. The van der Waals surface area contributed by atoms with Crippen molar-refractivity contribution < 1.29 is 9.26 Å². The number of methoxy groups -OCH3 is 1. The fraction of sp³-hybridized carbons (Fsp3) is 0.250. The Hall–Kier alpha value is -3.95. The van der Waals surface area contributed by atoms with E-state index in [0.717, 1.165) is 52.8 Å². The number of amidine groups is 2. The fourth-order valence-electron chi connectivity index (χ4n) is 4.80. The van der Waals surface area contributed by atoms with Gasteiger partial charge in [-0.1, -0.05) is 52.6 Å². The van der Waals surface area contributed by atoms with Crippen molar-refractivity contribution in [2.45, 2.75) is 13.1 Å². The van der Waals surface area contributed by atoms with E-state index in [9.17, 15) is 0 Å². The van der Waals surface area contributed by atoms with E-state index in [1.54, 1.807) is 31.6 Å². The van der Waals surface area contributed by atoms with Crippen molar-refractivity contribution >= 4 is 34.9 Å². The van der Waals surface area contributed by atoms with Crippen LogP contribution in [0.2, 0.25) is 10.3 Å². The van der Waals surface area contributed by atoms with E-state index in [0.29, 0.717) is 47.9 Å². The Morgan fingerprint density at radius 1 is 0.846 bits per heavy atom. The van der Waals surface area contributed by atoms with Gasteiger partial charge in [0.25, 0.3) is 0 Å². The number of ether oxygens (including phenoxy) is 1. The number of halogens is 2. The first kappa shape index (κ1) is 25.3. The molecule has 0 saturated carbocycles. The normalized spacial score (nSPS) is 15.1. The molecule has 0 aliphatic carbocycles. The highest BCUT2D eigenvalue weighted by atomic mass is 35.5. The third kappa shape index (κ3) is 5.32. The summed E-state index contributed by atoms with van der Waals surface area (Å²) in [6.45, 7) is 4.07. The summed E-state index contributed by atoms with van der Waals surface area (Å²) < 4.78 is 11.6. The van der Waals surface area contributed by atoms with Crippen molar-refractivity contribution in [3.63, 3.8) is 0 Å². The maximum absolute atomic E-state index is 6.08. The van der Waals surface area contributed by atoms with Crippen LogP contribution in [0.3, 0.4) is 0 Å². The smallest absolute Gasteiger partial charge is 0.210 e. The summed E-state index contributed by atoms with van der Waals surface area (Å²) in [5.74, 6) is 2.85. The summed E-state index contributed by atoms with van der Waals surface area (Å²) in [4.78, 5) is 22.5. The monoisotopic (exact) mass is 561 g/mol. The van der Waals surface area contributed by atoms with Gasteiger partial charge in [0.1, 0.15) is 16.1 Å². The molecular weight excluding hydrogens is 537 g/mol. The van der Waals surface area contributed by atoms with Gasteiger partial charge in [-0.25, -0.2) is 9.97 Å². The van der Waals surface area contributed by atoms with E-state index in [1.165, 1.54) is 0 Å². The van der Waals surface area contributed by atoms with Crippen LogP contribution in [0, 0.1) is 0 Å². The molecule has 198 valence electrons. The number of aliphatic imine (C=N–C) groups is 2. The molecule has 4 aromatic rings. The highest BCUT2D eigenvalue weighted by Crippen LogP contribution is 2.34. The molecule has 2 aliphatic heterocycles. The average Bonchev–Trinajstić information content (AvgIpc) is 3.71. The van der Waals surface area contributed by atoms with Crippen LogP contribution in [-0.2, 0) is 13.1 Å². The number of hydrogen-bond acceptors (Lipinski definition) is 9. The number of benzene rings is 1. The summed E-state index contributed by atoms with van der Waals surface area (Å²) in [5, 5.41) is 5.50. The van der Waals surface area contributed by atoms with E-state index in [1.807, 2.05) is 36.4 Å². The minimum absolute atomic E-state index is 0.463. The molecule has 0 spiro atoms. The maximum Gasteiger partial charge on any atom is 0.210 e. The van der Waals surface area contributed by atoms with E-state index >= 15 is 0 Å². The van der Waals surface area contributed by atoms with Gasteiger partial charge in [0, 0.05) is 38.6 Å². The van der Waals surface area contributed by atoms with Gasteiger partial charge in [0.05, 0.1) is 25.8 Å². The molecule has 0 N–H and O–H groups in total. The molecule has 0 saturated heterocycles. The fourth-order valence-corrected chi connectivity index (χ4v) is 5.02. The van der Waals surface area contributed by atoms with Crippen molar-refractivity contribution in [2.24, 2.45) is 9.98 Å². The lowest BCUT2D eigenvalue weighted by Gasteiger charge is -2.21. The lowest BCUT2D eigenvalue weighted by Crippen LogP contribution is -2.29. The van der Waals surface area contributed by atoms with Gasteiger partial charge in [0.15, 0.2) is 17.4 Å². The predicted molar refractivity (Wildman–Crippen MR) is 151 cm³/mol. The maximum atomic E-state index is 6.08. The Labute approximate surface area is 235 Å². The van der Waals surface area contributed by atoms with Gasteiger partial charge in [-0.15, -0.1) is 0 Å². The summed E-state index contributed by atoms with van der Waals surface area (Å²) in [5.41, 5.74) is 4.46. The van der Waals surface area contributed by atoms with Crippen LogP contribution >= 0.6 is 23.2 Å². The van der Waals surface area contributed by atoms with Crippen LogP contribution in [0.5, 0.6) is 5.75 Å². The van der Waals surface area contributed by atoms with Crippen LogP contribution in [0.4, 0.5) is 0 Å². The molecule has 5 heterocycles. The lowest BCUT2D eigenvalue weighted by molar-refractivity contribution is 0.387. The number of rotatable bonds is 8. The standard InChI is InChI=1S/C28H25Cl2N7O2/c1-38-21-4-2-3-20(13-21)24-25(27-31-9-11-36(27)16-18-5-7-22(29)33-14-18)35-39-26(24)28-32-10-12-37(28)17-19-6-8-23(30)34-15-19/h2-8,13-15H,9-12,16-17H2,1H3. The molecule has 0 amide bonds. The molecule has 6 rings (SSSR count). The highest BCUT2D eigenvalue weighted by Gasteiger charge is 2.33. The van der Waals surface area contributed by atoms with Crippen molar-refractivity contribution in [2.75, 3.05) is 33.3 Å². The molecule has 11 heteroatoms. The molecule has 0 radical (unpaired) electrons. The summed E-state index contributed by atoms with van der Waals surface area (Å²) >= 11 is 12.0. The first-order chi connectivity index (χ1) is 19.1. The molecule has 3 aromatic heterocycles. The largest absolute Gasteiger partial charge is 0.497 e. The minimum atomic E-state index is 0.463. The third-order valence-electron chi connectivity index (χ3n) is 6.65. The summed E-state index contributed by atoms with van der Waals surface area (Å²) in [6, 6.07) is 15.4. The van der Waals surface area contributed by atoms with Crippen molar-refractivity contribution in [3.8, 4) is 16.9 Å². The van der Waals surface area contributed by atoms with Crippen LogP contribution in [0.1, 0.15) is 22.6 Å². The van der Waals surface area contributed by atoms with Crippen molar-refractivity contribution in [3.05, 3.63) is 93.8 Å². The summed E-state index contributed by atoms with van der Waals surface area (Å²) in [7, 11) is 1.65. The molecule has 0 bridgehead atoms. The van der Waals surface area contributed by atoms with Crippen LogP contribution in [0.15, 0.2) is 75.4 Å². The van der Waals surface area contributed by atoms with Crippen LogP contribution in [0.25, 0.3) is 11.1 Å². The van der Waals surface area contributed by atoms with E-state index < -0.39 is 0 Å². The molecule has 0 fully saturated rings. The first-order valence-electron chi connectivity index (χ1n) is 12.5. The second kappa shape index (κ2) is 11.0. The second-order valence-corrected chi connectivity index (χ2v) is 9.97. The zero-order valence-corrected chi connectivity index (χ0v) is 22.7. The Bertz CT molecular complexity index is 1440. The number of nitrogens with zero attached hydrogens (tertiary/aromatic N) is 7. The second-order valence-electron chi connectivity index (χ2n) is 9.20. The van der Waals surface area contributed by atoms with Gasteiger partial charge in [0.2, 0.25) is 5.76 Å². The molecule has 0 atom stereocenters. The van der Waals surface area contributed by atoms with Crippen LogP contribution in [-0.4, -0.2) is 69.9 Å². The number of pyridine rings is 2. The molecule has 0 unspecified atom stereocenters. The quantitative estimate of drug-likeness (QED) is 0.280. The van der Waals surface area contributed by atoms with Crippen LogP contribution < -0.4 is 4.74 Å².